The lowest BCUT2D eigenvalue weighted by Gasteiger charge is -2.40. The van der Waals surface area contributed by atoms with Crippen molar-refractivity contribution in [1.82, 2.24) is 10.2 Å². The summed E-state index contributed by atoms with van der Waals surface area (Å²) in [6, 6.07) is 7.37. The lowest BCUT2D eigenvalue weighted by atomic mass is 9.66. The Hall–Kier alpha value is -1.86. The van der Waals surface area contributed by atoms with E-state index in [2.05, 4.69) is 26.1 Å². The third-order valence-electron chi connectivity index (χ3n) is 4.41. The van der Waals surface area contributed by atoms with Gasteiger partial charge in [0.25, 0.3) is 5.56 Å². The molecular formula is C16H17BrN2O4. The molecule has 6 nitrogen and oxygen atoms in total. The van der Waals surface area contributed by atoms with E-state index < -0.39 is 23.4 Å². The van der Waals surface area contributed by atoms with Gasteiger partial charge in [-0.25, -0.2) is 0 Å². The van der Waals surface area contributed by atoms with E-state index in [9.17, 15) is 14.7 Å². The number of aliphatic hydroxyl groups is 1. The maximum absolute atomic E-state index is 12.4. The molecule has 1 aliphatic carbocycles. The quantitative estimate of drug-likeness (QED) is 0.690. The Morgan fingerprint density at radius 2 is 2.17 bits per heavy atom. The topological polar surface area (TPSA) is 95.2 Å². The van der Waals surface area contributed by atoms with Crippen molar-refractivity contribution in [1.29, 1.82) is 0 Å². The molecular weight excluding hydrogens is 364 g/mol. The third kappa shape index (κ3) is 2.64. The third-order valence-corrected chi connectivity index (χ3v) is 4.90. The average Bonchev–Trinajstić information content (AvgIpc) is 2.84. The number of aromatic nitrogens is 2. The van der Waals surface area contributed by atoms with Crippen LogP contribution in [0.25, 0.3) is 0 Å². The maximum Gasteiger partial charge on any atom is 0.312 e. The Bertz CT molecular complexity index is 808. The van der Waals surface area contributed by atoms with Crippen LogP contribution in [0.4, 0.5) is 0 Å². The molecule has 0 bridgehead atoms. The Balaban J connectivity index is 2.26. The van der Waals surface area contributed by atoms with Gasteiger partial charge in [-0.1, -0.05) is 28.1 Å². The number of ether oxygens (including phenoxy) is 1. The molecule has 1 aromatic carbocycles. The van der Waals surface area contributed by atoms with Crippen molar-refractivity contribution >= 4 is 21.9 Å². The Morgan fingerprint density at radius 1 is 1.43 bits per heavy atom. The number of H-pyrrole nitrogens is 2. The van der Waals surface area contributed by atoms with Crippen LogP contribution >= 0.6 is 15.9 Å². The van der Waals surface area contributed by atoms with Crippen molar-refractivity contribution in [3.05, 3.63) is 55.9 Å². The van der Waals surface area contributed by atoms with Crippen LogP contribution in [0.2, 0.25) is 0 Å². The molecule has 23 heavy (non-hydrogen) atoms. The molecule has 2 aromatic rings. The highest BCUT2D eigenvalue weighted by Crippen LogP contribution is 2.44. The molecule has 0 amide bonds. The molecule has 3 rings (SSSR count). The molecule has 1 heterocycles. The van der Waals surface area contributed by atoms with Crippen LogP contribution in [-0.4, -0.2) is 34.0 Å². The summed E-state index contributed by atoms with van der Waals surface area (Å²) < 4.78 is 5.74. The molecule has 0 aliphatic heterocycles. The smallest absolute Gasteiger partial charge is 0.312 e. The Kier molecular flexibility index (Phi) is 3.93. The molecule has 3 atom stereocenters. The van der Waals surface area contributed by atoms with Crippen molar-refractivity contribution in [2.45, 2.75) is 24.9 Å². The predicted molar refractivity (Wildman–Crippen MR) is 87.2 cm³/mol. The number of fused-ring (bicyclic) bond motifs is 1. The van der Waals surface area contributed by atoms with Gasteiger partial charge in [0, 0.05) is 28.1 Å². The summed E-state index contributed by atoms with van der Waals surface area (Å²) in [5.74, 6) is -1.99. The van der Waals surface area contributed by atoms with Gasteiger partial charge in [0.1, 0.15) is 0 Å². The van der Waals surface area contributed by atoms with Crippen LogP contribution < -0.4 is 5.56 Å². The molecule has 0 unspecified atom stereocenters. The van der Waals surface area contributed by atoms with E-state index in [0.717, 1.165) is 10.0 Å². The van der Waals surface area contributed by atoms with Gasteiger partial charge in [-0.3, -0.25) is 14.7 Å². The van der Waals surface area contributed by atoms with Crippen molar-refractivity contribution in [3.63, 3.8) is 0 Å². The predicted octanol–water partition coefficient (Wildman–Crippen LogP) is 1.69. The molecule has 0 radical (unpaired) electrons. The lowest BCUT2D eigenvalue weighted by Crippen LogP contribution is -2.49. The van der Waals surface area contributed by atoms with Gasteiger partial charge < -0.3 is 14.9 Å². The normalized spacial score (nSPS) is 26.6. The number of hydrogen-bond acceptors (Lipinski definition) is 4. The fraction of sp³-hybridized carbons (Fsp3) is 0.375. The lowest BCUT2D eigenvalue weighted by molar-refractivity contribution is -0.156. The van der Waals surface area contributed by atoms with Crippen LogP contribution in [-0.2, 0) is 16.0 Å². The first-order valence-corrected chi connectivity index (χ1v) is 7.99. The molecule has 0 fully saturated rings. The van der Waals surface area contributed by atoms with E-state index >= 15 is 0 Å². The second-order valence-electron chi connectivity index (χ2n) is 6.04. The first-order valence-electron chi connectivity index (χ1n) is 7.20. The number of methoxy groups -OCH3 is 1. The summed E-state index contributed by atoms with van der Waals surface area (Å²) in [6.07, 6.45) is 0.172. The van der Waals surface area contributed by atoms with Crippen LogP contribution in [0.1, 0.15) is 29.7 Å². The van der Waals surface area contributed by atoms with Gasteiger partial charge in [-0.2, -0.15) is 0 Å². The number of hydrogen-bond donors (Lipinski definition) is 3. The SMILES string of the molecule is COC(=O)[C@@H]1[C@@H](c2cccc(Br)c2)c2c([nH][nH]c2=O)C[C@@]1(C)O. The largest absolute Gasteiger partial charge is 0.469 e. The van der Waals surface area contributed by atoms with Crippen LogP contribution in [0.3, 0.4) is 0 Å². The molecule has 3 N–H and O–H groups in total. The summed E-state index contributed by atoms with van der Waals surface area (Å²) >= 11 is 3.41. The van der Waals surface area contributed by atoms with Gasteiger partial charge in [0.05, 0.1) is 18.6 Å². The number of carbonyl (C=O) groups excluding carboxylic acids is 1. The minimum absolute atomic E-state index is 0.172. The van der Waals surface area contributed by atoms with E-state index in [1.54, 1.807) is 6.92 Å². The molecule has 1 aliphatic rings. The zero-order chi connectivity index (χ0) is 16.8. The number of nitrogens with one attached hydrogen (secondary N) is 2. The Morgan fingerprint density at radius 3 is 2.83 bits per heavy atom. The Labute approximate surface area is 141 Å². The van der Waals surface area contributed by atoms with Crippen molar-refractivity contribution in [3.8, 4) is 0 Å². The fourth-order valence-electron chi connectivity index (χ4n) is 3.44. The van der Waals surface area contributed by atoms with E-state index in [0.29, 0.717) is 11.3 Å². The first kappa shape index (κ1) is 16.0. The first-order chi connectivity index (χ1) is 10.8. The van der Waals surface area contributed by atoms with Crippen LogP contribution in [0, 0.1) is 5.92 Å². The van der Waals surface area contributed by atoms with Gasteiger partial charge in [0.2, 0.25) is 0 Å². The molecule has 0 saturated carbocycles. The number of benzene rings is 1. The van der Waals surface area contributed by atoms with E-state index in [1.807, 2.05) is 24.3 Å². The highest BCUT2D eigenvalue weighted by Gasteiger charge is 2.51. The number of rotatable bonds is 2. The van der Waals surface area contributed by atoms with Crippen molar-refractivity contribution in [2.75, 3.05) is 7.11 Å². The number of aromatic amines is 2. The highest BCUT2D eigenvalue weighted by atomic mass is 79.9. The van der Waals surface area contributed by atoms with E-state index in [4.69, 9.17) is 4.74 Å². The van der Waals surface area contributed by atoms with Crippen LogP contribution in [0.5, 0.6) is 0 Å². The zero-order valence-corrected chi connectivity index (χ0v) is 14.3. The van der Waals surface area contributed by atoms with E-state index in [1.165, 1.54) is 7.11 Å². The summed E-state index contributed by atoms with van der Waals surface area (Å²) in [6.45, 7) is 1.59. The van der Waals surface area contributed by atoms with E-state index in [-0.39, 0.29) is 12.0 Å². The molecule has 0 saturated heterocycles. The second-order valence-corrected chi connectivity index (χ2v) is 6.95. The summed E-state index contributed by atoms with van der Waals surface area (Å²) in [7, 11) is 1.28. The number of carbonyl (C=O) groups is 1. The van der Waals surface area contributed by atoms with Gasteiger partial charge in [-0.05, 0) is 24.6 Å². The second kappa shape index (κ2) is 5.65. The zero-order valence-electron chi connectivity index (χ0n) is 12.7. The van der Waals surface area contributed by atoms with Crippen LogP contribution in [0.15, 0.2) is 33.5 Å². The van der Waals surface area contributed by atoms with Gasteiger partial charge in [-0.15, -0.1) is 0 Å². The highest BCUT2D eigenvalue weighted by molar-refractivity contribution is 9.10. The minimum atomic E-state index is -1.34. The minimum Gasteiger partial charge on any atom is -0.469 e. The molecule has 122 valence electrons. The molecule has 0 spiro atoms. The summed E-state index contributed by atoms with van der Waals surface area (Å²) in [5, 5.41) is 16.2. The number of halogens is 1. The van der Waals surface area contributed by atoms with Crippen molar-refractivity contribution in [2.24, 2.45) is 5.92 Å². The van der Waals surface area contributed by atoms with Gasteiger partial charge in [0.15, 0.2) is 0 Å². The standard InChI is InChI=1S/C16H17BrN2O4/c1-16(22)7-10-12(14(20)19-18-10)11(13(16)15(21)23-2)8-4-3-5-9(17)6-8/h3-6,11,13,22H,7H2,1-2H3,(H2,18,19,20)/t11-,13-,16+/m0/s1. The molecule has 7 heteroatoms. The molecule has 1 aromatic heterocycles. The maximum atomic E-state index is 12.4. The van der Waals surface area contributed by atoms with Crippen molar-refractivity contribution < 1.29 is 14.6 Å². The summed E-state index contributed by atoms with van der Waals surface area (Å²) in [5.41, 5.74) is 0.240. The average molecular weight is 381 g/mol. The van der Waals surface area contributed by atoms with Gasteiger partial charge >= 0.3 is 5.97 Å². The summed E-state index contributed by atoms with van der Waals surface area (Å²) in [4.78, 5) is 24.6. The number of esters is 1. The monoisotopic (exact) mass is 380 g/mol. The fourth-order valence-corrected chi connectivity index (χ4v) is 3.86.